The second-order valence-electron chi connectivity index (χ2n) is 6.13. The zero-order valence-electron chi connectivity index (χ0n) is 14.7. The molecule has 0 fully saturated rings. The lowest BCUT2D eigenvalue weighted by molar-refractivity contribution is 0.352. The van der Waals surface area contributed by atoms with Gasteiger partial charge in [-0.25, -0.2) is 0 Å². The van der Waals surface area contributed by atoms with E-state index in [1.54, 1.807) is 20.3 Å². The summed E-state index contributed by atoms with van der Waals surface area (Å²) in [6.45, 7) is 0. The number of aromatic amines is 1. The predicted molar refractivity (Wildman–Crippen MR) is 107 cm³/mol. The third kappa shape index (κ3) is 2.84. The van der Waals surface area contributed by atoms with Crippen molar-refractivity contribution >= 4 is 26.8 Å². The number of allylic oxidation sites excluding steroid dienone is 1. The first-order valence-electron chi connectivity index (χ1n) is 8.25. The highest BCUT2D eigenvalue weighted by Crippen LogP contribution is 2.43. The van der Waals surface area contributed by atoms with Gasteiger partial charge in [0, 0.05) is 11.3 Å². The summed E-state index contributed by atoms with van der Waals surface area (Å²) in [5.74, 6) is 1.47. The molecule has 0 bridgehead atoms. The first kappa shape index (κ1) is 17.5. The molecular weight excluding hydrogens is 412 g/mol. The van der Waals surface area contributed by atoms with E-state index in [1.165, 1.54) is 0 Å². The van der Waals surface area contributed by atoms with Gasteiger partial charge < -0.3 is 24.9 Å². The second-order valence-corrected chi connectivity index (χ2v) is 6.98. The number of methoxy groups -OCH3 is 2. The Hall–Kier alpha value is -2.93. The molecule has 1 unspecified atom stereocenters. The molecule has 6 nitrogen and oxygen atoms in total. The molecule has 1 aliphatic rings. The monoisotopic (exact) mass is 428 g/mol. The Morgan fingerprint density at radius 1 is 1.19 bits per heavy atom. The number of nitrogens with one attached hydrogen (secondary N) is 1. The van der Waals surface area contributed by atoms with E-state index < -0.39 is 5.92 Å². The summed E-state index contributed by atoms with van der Waals surface area (Å²) in [4.78, 5) is 15.8. The van der Waals surface area contributed by atoms with Crippen LogP contribution >= 0.6 is 15.9 Å². The van der Waals surface area contributed by atoms with Crippen molar-refractivity contribution in [3.63, 3.8) is 0 Å². The van der Waals surface area contributed by atoms with Crippen molar-refractivity contribution in [3.8, 4) is 17.2 Å². The summed E-state index contributed by atoms with van der Waals surface area (Å²) >= 11 is 3.50. The van der Waals surface area contributed by atoms with Gasteiger partial charge >= 0.3 is 0 Å². The molecule has 2 heterocycles. The number of ether oxygens (including phenoxy) is 3. The Morgan fingerprint density at radius 2 is 1.96 bits per heavy atom. The Morgan fingerprint density at radius 3 is 2.70 bits per heavy atom. The van der Waals surface area contributed by atoms with E-state index in [1.807, 2.05) is 36.4 Å². The molecule has 3 N–H and O–H groups in total. The first-order chi connectivity index (χ1) is 13.0. The number of pyridine rings is 1. The molecule has 1 aliphatic heterocycles. The zero-order valence-corrected chi connectivity index (χ0v) is 16.3. The second kappa shape index (κ2) is 6.66. The lowest BCUT2D eigenvalue weighted by Crippen LogP contribution is -2.24. The lowest BCUT2D eigenvalue weighted by Gasteiger charge is -2.25. The molecule has 4 rings (SSSR count). The largest absolute Gasteiger partial charge is 0.493 e. The third-order valence-electron chi connectivity index (χ3n) is 4.59. The Kier molecular flexibility index (Phi) is 4.31. The number of fused-ring (bicyclic) bond motifs is 3. The Bertz CT molecular complexity index is 1140. The third-order valence-corrected chi connectivity index (χ3v) is 5.18. The summed E-state index contributed by atoms with van der Waals surface area (Å²) in [6.07, 6.45) is 1.72. The maximum absolute atomic E-state index is 12.9. The minimum Gasteiger partial charge on any atom is -0.493 e. The van der Waals surface area contributed by atoms with Crippen LogP contribution in [0.1, 0.15) is 17.0 Å². The van der Waals surface area contributed by atoms with Gasteiger partial charge in [-0.05, 0) is 51.8 Å². The summed E-state index contributed by atoms with van der Waals surface area (Å²) in [6, 6.07) is 11.2. The van der Waals surface area contributed by atoms with Crippen LogP contribution in [0.25, 0.3) is 10.9 Å². The van der Waals surface area contributed by atoms with Crippen LogP contribution in [-0.2, 0) is 0 Å². The molecule has 2 aromatic carbocycles. The molecule has 0 amide bonds. The number of hydrogen-bond acceptors (Lipinski definition) is 5. The zero-order chi connectivity index (χ0) is 19.1. The molecule has 138 valence electrons. The van der Waals surface area contributed by atoms with Gasteiger partial charge in [0.25, 0.3) is 5.56 Å². The van der Waals surface area contributed by atoms with Crippen molar-refractivity contribution in [2.24, 2.45) is 5.73 Å². The lowest BCUT2D eigenvalue weighted by atomic mass is 9.89. The summed E-state index contributed by atoms with van der Waals surface area (Å²) < 4.78 is 17.3. The molecule has 0 radical (unpaired) electrons. The highest BCUT2D eigenvalue weighted by molar-refractivity contribution is 9.10. The number of H-pyrrole nitrogens is 1. The van der Waals surface area contributed by atoms with E-state index in [0.29, 0.717) is 28.3 Å². The minimum absolute atomic E-state index is 0.219. The number of halogens is 1. The van der Waals surface area contributed by atoms with Crippen LogP contribution in [0, 0.1) is 0 Å². The average molecular weight is 429 g/mol. The van der Waals surface area contributed by atoms with Gasteiger partial charge in [0.2, 0.25) is 0 Å². The highest BCUT2D eigenvalue weighted by Gasteiger charge is 2.29. The normalized spacial score (nSPS) is 15.7. The van der Waals surface area contributed by atoms with E-state index in [0.717, 1.165) is 15.4 Å². The number of para-hydroxylation sites is 1. The molecule has 3 aromatic rings. The van der Waals surface area contributed by atoms with Gasteiger partial charge in [-0.3, -0.25) is 4.79 Å². The van der Waals surface area contributed by atoms with Crippen LogP contribution < -0.4 is 25.5 Å². The Labute approximate surface area is 163 Å². The molecule has 0 aliphatic carbocycles. The molecular formula is C20H17BrN2O4. The van der Waals surface area contributed by atoms with Crippen molar-refractivity contribution in [2.45, 2.75) is 5.92 Å². The number of benzene rings is 2. The van der Waals surface area contributed by atoms with Crippen LogP contribution in [0.2, 0.25) is 0 Å². The number of hydrogen-bond donors (Lipinski definition) is 2. The molecule has 0 saturated heterocycles. The van der Waals surface area contributed by atoms with Crippen LogP contribution in [0.5, 0.6) is 17.2 Å². The standard InChI is InChI=1S/C20H17BrN2O4/c1-25-15-8-10(7-13(21)19(15)26-2)12-9-16(22)27-18-11-5-3-4-6-14(11)23-20(24)17(12)18/h3-9,12H,22H2,1-2H3,(H,23,24). The van der Waals surface area contributed by atoms with Crippen LogP contribution in [0.4, 0.5) is 0 Å². The maximum Gasteiger partial charge on any atom is 0.256 e. The SMILES string of the molecule is COc1cc(C2C=C(N)Oc3c2c(=O)[nH]c2ccccc32)cc(Br)c1OC. The quantitative estimate of drug-likeness (QED) is 0.664. The van der Waals surface area contributed by atoms with Gasteiger partial charge in [0.1, 0.15) is 5.75 Å². The van der Waals surface area contributed by atoms with E-state index in [4.69, 9.17) is 19.9 Å². The van der Waals surface area contributed by atoms with Gasteiger partial charge in [-0.15, -0.1) is 0 Å². The van der Waals surface area contributed by atoms with Crippen molar-refractivity contribution in [1.82, 2.24) is 4.98 Å². The van der Waals surface area contributed by atoms with Crippen molar-refractivity contribution in [1.29, 1.82) is 0 Å². The van der Waals surface area contributed by atoms with Crippen LogP contribution in [-0.4, -0.2) is 19.2 Å². The fraction of sp³-hybridized carbons (Fsp3) is 0.150. The Balaban J connectivity index is 1.99. The maximum atomic E-state index is 12.9. The van der Waals surface area contributed by atoms with Gasteiger partial charge in [0.15, 0.2) is 17.4 Å². The van der Waals surface area contributed by atoms with E-state index in [2.05, 4.69) is 20.9 Å². The van der Waals surface area contributed by atoms with Crippen LogP contribution in [0.3, 0.4) is 0 Å². The summed E-state index contributed by atoms with van der Waals surface area (Å²) in [5.41, 5.74) is 7.85. The molecule has 1 atom stereocenters. The topological polar surface area (TPSA) is 86.6 Å². The molecule has 0 spiro atoms. The smallest absolute Gasteiger partial charge is 0.256 e. The van der Waals surface area contributed by atoms with Crippen molar-refractivity contribution in [2.75, 3.05) is 14.2 Å². The van der Waals surface area contributed by atoms with E-state index in [9.17, 15) is 4.79 Å². The highest BCUT2D eigenvalue weighted by atomic mass is 79.9. The fourth-order valence-corrected chi connectivity index (χ4v) is 4.02. The van der Waals surface area contributed by atoms with Crippen molar-refractivity contribution < 1.29 is 14.2 Å². The minimum atomic E-state index is -0.391. The number of nitrogens with two attached hydrogens (primary N) is 1. The first-order valence-corrected chi connectivity index (χ1v) is 9.04. The van der Waals surface area contributed by atoms with Gasteiger partial charge in [-0.1, -0.05) is 12.1 Å². The molecule has 27 heavy (non-hydrogen) atoms. The van der Waals surface area contributed by atoms with E-state index >= 15 is 0 Å². The molecule has 0 saturated carbocycles. The molecule has 7 heteroatoms. The van der Waals surface area contributed by atoms with E-state index in [-0.39, 0.29) is 11.4 Å². The summed E-state index contributed by atoms with van der Waals surface area (Å²) in [7, 11) is 3.14. The fourth-order valence-electron chi connectivity index (χ4n) is 3.40. The number of aromatic nitrogens is 1. The van der Waals surface area contributed by atoms with Crippen LogP contribution in [0.15, 0.2) is 57.6 Å². The average Bonchev–Trinajstić information content (AvgIpc) is 2.66. The predicted octanol–water partition coefficient (Wildman–Crippen LogP) is 3.63. The number of rotatable bonds is 3. The summed E-state index contributed by atoms with van der Waals surface area (Å²) in [5, 5.41) is 0.799. The van der Waals surface area contributed by atoms with Gasteiger partial charge in [-0.2, -0.15) is 0 Å². The molecule has 1 aromatic heterocycles. The van der Waals surface area contributed by atoms with Crippen molar-refractivity contribution in [3.05, 3.63) is 74.3 Å². The van der Waals surface area contributed by atoms with Gasteiger partial charge in [0.05, 0.1) is 29.8 Å².